The molecule has 0 aromatic heterocycles. The Morgan fingerprint density at radius 2 is 1.65 bits per heavy atom. The van der Waals surface area contributed by atoms with Gasteiger partial charge >= 0.3 is 0 Å². The van der Waals surface area contributed by atoms with E-state index in [4.69, 9.17) is 5.26 Å². The molecular weight excluding hydrogens is 220 g/mol. The zero-order valence-electron chi connectivity index (χ0n) is 8.95. The number of hydrogen-bond acceptors (Lipinski definition) is 1. The maximum Gasteiger partial charge on any atom is 0.135 e. The third kappa shape index (κ3) is 2.16. The lowest BCUT2D eigenvalue weighted by Gasteiger charge is -2.07. The zero-order chi connectivity index (χ0) is 12.3. The normalized spacial score (nSPS) is 9.94. The van der Waals surface area contributed by atoms with Crippen LogP contribution in [0.5, 0.6) is 0 Å². The Balaban J connectivity index is 2.58. The highest BCUT2D eigenvalue weighted by molar-refractivity contribution is 5.65. The fourth-order valence-corrected chi connectivity index (χ4v) is 1.69. The molecule has 0 heterocycles. The summed E-state index contributed by atoms with van der Waals surface area (Å²) in [6.07, 6.45) is -0.0197. The average Bonchev–Trinajstić information content (AvgIpc) is 2.33. The first-order valence-electron chi connectivity index (χ1n) is 5.13. The molecule has 0 aliphatic heterocycles. The summed E-state index contributed by atoms with van der Waals surface area (Å²) in [6, 6.07) is 12.5. The van der Waals surface area contributed by atoms with Gasteiger partial charge in [0.25, 0.3) is 0 Å². The summed E-state index contributed by atoms with van der Waals surface area (Å²) in [4.78, 5) is 0. The van der Waals surface area contributed by atoms with Crippen molar-refractivity contribution < 1.29 is 8.78 Å². The molecule has 0 N–H and O–H groups in total. The first-order chi connectivity index (χ1) is 8.24. The van der Waals surface area contributed by atoms with Gasteiger partial charge < -0.3 is 0 Å². The van der Waals surface area contributed by atoms with Gasteiger partial charge in [0, 0.05) is 16.7 Å². The third-order valence-electron chi connectivity index (χ3n) is 2.51. The Bertz CT molecular complexity index is 585. The summed E-state index contributed by atoms with van der Waals surface area (Å²) >= 11 is 0. The highest BCUT2D eigenvalue weighted by Gasteiger charge is 2.12. The topological polar surface area (TPSA) is 23.8 Å². The summed E-state index contributed by atoms with van der Waals surface area (Å²) in [5, 5.41) is 8.57. The van der Waals surface area contributed by atoms with Gasteiger partial charge in [-0.1, -0.05) is 36.4 Å². The zero-order valence-corrected chi connectivity index (χ0v) is 8.95. The van der Waals surface area contributed by atoms with Crippen LogP contribution >= 0.6 is 0 Å². The predicted molar refractivity (Wildman–Crippen MR) is 61.1 cm³/mol. The number of nitrogens with zero attached hydrogens (tertiary/aromatic N) is 1. The summed E-state index contributed by atoms with van der Waals surface area (Å²) in [5.41, 5.74) is 0.689. The van der Waals surface area contributed by atoms with E-state index in [9.17, 15) is 8.78 Å². The van der Waals surface area contributed by atoms with Crippen LogP contribution in [0.1, 0.15) is 5.56 Å². The Labute approximate surface area is 97.9 Å². The maximum atomic E-state index is 14.0. The molecule has 0 spiro atoms. The van der Waals surface area contributed by atoms with E-state index in [0.29, 0.717) is 0 Å². The lowest BCUT2D eigenvalue weighted by atomic mass is 10.0. The lowest BCUT2D eigenvalue weighted by molar-refractivity contribution is 0.609. The van der Waals surface area contributed by atoms with Gasteiger partial charge in [-0.05, 0) is 6.07 Å². The van der Waals surface area contributed by atoms with Crippen molar-refractivity contribution >= 4 is 0 Å². The minimum Gasteiger partial charge on any atom is -0.206 e. The van der Waals surface area contributed by atoms with Crippen LogP contribution in [0.3, 0.4) is 0 Å². The third-order valence-corrected chi connectivity index (χ3v) is 2.51. The monoisotopic (exact) mass is 229 g/mol. The molecule has 84 valence electrons. The fourth-order valence-electron chi connectivity index (χ4n) is 1.69. The quantitative estimate of drug-likeness (QED) is 0.770. The molecule has 0 fully saturated rings. The largest absolute Gasteiger partial charge is 0.206 e. The summed E-state index contributed by atoms with van der Waals surface area (Å²) < 4.78 is 27.5. The summed E-state index contributed by atoms with van der Waals surface area (Å²) in [6.45, 7) is 0. The van der Waals surface area contributed by atoms with Gasteiger partial charge in [0.05, 0.1) is 12.5 Å². The van der Waals surface area contributed by atoms with Crippen molar-refractivity contribution in [2.24, 2.45) is 0 Å². The molecule has 0 aliphatic rings. The first-order valence-corrected chi connectivity index (χ1v) is 5.13. The molecule has 17 heavy (non-hydrogen) atoms. The smallest absolute Gasteiger partial charge is 0.135 e. The molecule has 0 aliphatic carbocycles. The lowest BCUT2D eigenvalue weighted by Crippen LogP contribution is -1.94. The number of nitriles is 1. The number of rotatable bonds is 2. The van der Waals surface area contributed by atoms with Gasteiger partial charge in [0.2, 0.25) is 0 Å². The molecule has 0 radical (unpaired) electrons. The molecule has 0 saturated carbocycles. The number of benzene rings is 2. The van der Waals surface area contributed by atoms with Crippen molar-refractivity contribution in [3.63, 3.8) is 0 Å². The van der Waals surface area contributed by atoms with E-state index in [1.54, 1.807) is 18.2 Å². The second-order valence-electron chi connectivity index (χ2n) is 3.59. The van der Waals surface area contributed by atoms with Crippen molar-refractivity contribution in [3.05, 3.63) is 59.7 Å². The van der Waals surface area contributed by atoms with E-state index in [2.05, 4.69) is 0 Å². The fraction of sp³-hybridized carbons (Fsp3) is 0.0714. The molecule has 2 aromatic rings. The number of hydrogen-bond donors (Lipinski definition) is 0. The van der Waals surface area contributed by atoms with E-state index in [-0.39, 0.29) is 23.1 Å². The van der Waals surface area contributed by atoms with Crippen LogP contribution in [0.25, 0.3) is 11.1 Å². The highest BCUT2D eigenvalue weighted by atomic mass is 19.1. The molecule has 1 nitrogen and oxygen atoms in total. The van der Waals surface area contributed by atoms with E-state index in [1.165, 1.54) is 24.3 Å². The second-order valence-corrected chi connectivity index (χ2v) is 3.59. The van der Waals surface area contributed by atoms with E-state index in [0.717, 1.165) is 0 Å². The Kier molecular flexibility index (Phi) is 3.15. The van der Waals surface area contributed by atoms with Crippen LogP contribution in [0.15, 0.2) is 42.5 Å². The van der Waals surface area contributed by atoms with Crippen LogP contribution in [-0.2, 0) is 6.42 Å². The minimum atomic E-state index is -0.529. The van der Waals surface area contributed by atoms with E-state index < -0.39 is 11.6 Å². The Morgan fingerprint density at radius 3 is 2.35 bits per heavy atom. The van der Waals surface area contributed by atoms with Crippen molar-refractivity contribution in [2.45, 2.75) is 6.42 Å². The molecule has 2 aromatic carbocycles. The molecule has 0 bridgehead atoms. The maximum absolute atomic E-state index is 14.0. The molecule has 0 atom stereocenters. The summed E-state index contributed by atoms with van der Waals surface area (Å²) in [7, 11) is 0. The predicted octanol–water partition coefficient (Wildman–Crippen LogP) is 3.70. The summed E-state index contributed by atoms with van der Waals surface area (Å²) in [5.74, 6) is -1.00. The van der Waals surface area contributed by atoms with Gasteiger partial charge in [-0.25, -0.2) is 8.78 Å². The van der Waals surface area contributed by atoms with Crippen molar-refractivity contribution in [1.82, 2.24) is 0 Å². The van der Waals surface area contributed by atoms with Gasteiger partial charge in [-0.3, -0.25) is 0 Å². The van der Waals surface area contributed by atoms with Gasteiger partial charge in [0.1, 0.15) is 11.6 Å². The molecular formula is C14H9F2N. The number of halogens is 2. The average molecular weight is 229 g/mol. The Hall–Kier alpha value is -2.21. The van der Waals surface area contributed by atoms with Crippen molar-refractivity contribution in [2.75, 3.05) is 0 Å². The Morgan fingerprint density at radius 1 is 0.941 bits per heavy atom. The minimum absolute atomic E-state index is 0.0197. The van der Waals surface area contributed by atoms with Gasteiger partial charge in [-0.15, -0.1) is 0 Å². The van der Waals surface area contributed by atoms with Crippen LogP contribution in [-0.4, -0.2) is 0 Å². The van der Waals surface area contributed by atoms with Crippen LogP contribution < -0.4 is 0 Å². The second kappa shape index (κ2) is 4.75. The standard InChI is InChI=1S/C14H9F2N/c15-13-7-2-1-5-11(13)12-6-3-4-10(8-9-17)14(12)16/h1-7H,8H2. The molecule has 3 heteroatoms. The molecule has 0 unspecified atom stereocenters. The van der Waals surface area contributed by atoms with Crippen LogP contribution in [0.4, 0.5) is 8.78 Å². The molecule has 0 amide bonds. The van der Waals surface area contributed by atoms with Crippen molar-refractivity contribution in [3.8, 4) is 17.2 Å². The van der Waals surface area contributed by atoms with Crippen LogP contribution in [0.2, 0.25) is 0 Å². The van der Waals surface area contributed by atoms with E-state index in [1.807, 2.05) is 6.07 Å². The van der Waals surface area contributed by atoms with Gasteiger partial charge in [-0.2, -0.15) is 5.26 Å². The molecule has 2 rings (SSSR count). The molecule has 0 saturated heterocycles. The highest BCUT2D eigenvalue weighted by Crippen LogP contribution is 2.27. The first kappa shape index (κ1) is 11.3. The SMILES string of the molecule is N#CCc1cccc(-c2ccccc2F)c1F. The van der Waals surface area contributed by atoms with Crippen molar-refractivity contribution in [1.29, 1.82) is 5.26 Å². The van der Waals surface area contributed by atoms with E-state index >= 15 is 0 Å². The van der Waals surface area contributed by atoms with Crippen LogP contribution in [0, 0.1) is 23.0 Å². The van der Waals surface area contributed by atoms with Gasteiger partial charge in [0.15, 0.2) is 0 Å².